The molecule has 25 heavy (non-hydrogen) atoms. The van der Waals surface area contributed by atoms with E-state index >= 15 is 0 Å². The number of fused-ring (bicyclic) bond motifs is 1. The average Bonchev–Trinajstić information content (AvgIpc) is 3.15. The topological polar surface area (TPSA) is 66.4 Å². The number of nitrogens with zero attached hydrogens (tertiary/aromatic N) is 4. The maximum absolute atomic E-state index is 12.8. The Labute approximate surface area is 146 Å². The van der Waals surface area contributed by atoms with Gasteiger partial charge in [0, 0.05) is 37.6 Å². The number of hydrogen-bond donors (Lipinski definition) is 0. The summed E-state index contributed by atoms with van der Waals surface area (Å²) < 4.78 is 0. The van der Waals surface area contributed by atoms with Crippen LogP contribution in [-0.4, -0.2) is 50.2 Å². The van der Waals surface area contributed by atoms with Gasteiger partial charge in [0.15, 0.2) is 0 Å². The monoisotopic (exact) mass is 336 g/mol. The summed E-state index contributed by atoms with van der Waals surface area (Å²) in [6.45, 7) is 3.12. The van der Waals surface area contributed by atoms with E-state index in [0.717, 1.165) is 17.7 Å². The SMILES string of the molecule is Cc1cccc(C(=O)N2CC[C@@H]3[C@@H]2CC(=O)N3Cc2ccncc2)n1. The molecule has 2 atom stereocenters. The van der Waals surface area contributed by atoms with Crippen LogP contribution in [0.5, 0.6) is 0 Å². The minimum atomic E-state index is -0.0743. The van der Waals surface area contributed by atoms with E-state index in [0.29, 0.717) is 25.2 Å². The van der Waals surface area contributed by atoms with Crippen LogP contribution in [0.4, 0.5) is 0 Å². The smallest absolute Gasteiger partial charge is 0.272 e. The van der Waals surface area contributed by atoms with Gasteiger partial charge in [-0.05, 0) is 43.2 Å². The van der Waals surface area contributed by atoms with Crippen molar-refractivity contribution in [1.29, 1.82) is 0 Å². The third kappa shape index (κ3) is 2.88. The van der Waals surface area contributed by atoms with Gasteiger partial charge in [-0.15, -0.1) is 0 Å². The highest BCUT2D eigenvalue weighted by Gasteiger charge is 2.48. The number of pyridine rings is 2. The van der Waals surface area contributed by atoms with Crippen LogP contribution in [0.1, 0.15) is 34.6 Å². The Balaban J connectivity index is 1.52. The second-order valence-corrected chi connectivity index (χ2v) is 6.67. The highest BCUT2D eigenvalue weighted by atomic mass is 16.2. The van der Waals surface area contributed by atoms with E-state index in [4.69, 9.17) is 0 Å². The fourth-order valence-electron chi connectivity index (χ4n) is 3.88. The summed E-state index contributed by atoms with van der Waals surface area (Å²) in [5.74, 6) is 0.0382. The van der Waals surface area contributed by atoms with Gasteiger partial charge in [-0.3, -0.25) is 14.6 Å². The van der Waals surface area contributed by atoms with Gasteiger partial charge < -0.3 is 9.80 Å². The first-order valence-electron chi connectivity index (χ1n) is 8.56. The van der Waals surface area contributed by atoms with Crippen LogP contribution in [-0.2, 0) is 11.3 Å². The standard InChI is InChI=1S/C19H20N4O2/c1-13-3-2-4-15(21-13)19(25)22-10-7-16-17(22)11-18(24)23(16)12-14-5-8-20-9-6-14/h2-6,8-9,16-17H,7,10-12H2,1H3/t16-,17+/m1/s1. The minimum Gasteiger partial charge on any atom is -0.333 e. The Morgan fingerprint density at radius 3 is 2.76 bits per heavy atom. The third-order valence-electron chi connectivity index (χ3n) is 5.09. The Bertz CT molecular complexity index is 808. The van der Waals surface area contributed by atoms with E-state index in [1.807, 2.05) is 41.0 Å². The van der Waals surface area contributed by atoms with E-state index in [1.165, 1.54) is 0 Å². The Morgan fingerprint density at radius 1 is 1.20 bits per heavy atom. The normalized spacial score (nSPS) is 22.4. The van der Waals surface area contributed by atoms with Gasteiger partial charge in [-0.25, -0.2) is 4.98 Å². The number of aromatic nitrogens is 2. The van der Waals surface area contributed by atoms with Crippen molar-refractivity contribution in [2.24, 2.45) is 0 Å². The first-order chi connectivity index (χ1) is 12.1. The van der Waals surface area contributed by atoms with Crippen molar-refractivity contribution in [3.63, 3.8) is 0 Å². The first kappa shape index (κ1) is 15.7. The summed E-state index contributed by atoms with van der Waals surface area (Å²) in [6, 6.07) is 9.36. The van der Waals surface area contributed by atoms with E-state index in [2.05, 4.69) is 9.97 Å². The molecule has 0 saturated carbocycles. The molecule has 4 rings (SSSR count). The average molecular weight is 336 g/mol. The molecular weight excluding hydrogens is 316 g/mol. The first-order valence-corrected chi connectivity index (χ1v) is 8.56. The fraction of sp³-hybridized carbons (Fsp3) is 0.368. The van der Waals surface area contributed by atoms with E-state index in [-0.39, 0.29) is 23.9 Å². The zero-order valence-corrected chi connectivity index (χ0v) is 14.1. The lowest BCUT2D eigenvalue weighted by atomic mass is 10.1. The summed E-state index contributed by atoms with van der Waals surface area (Å²) in [5, 5.41) is 0. The summed E-state index contributed by atoms with van der Waals surface area (Å²) in [5.41, 5.74) is 2.35. The number of likely N-dealkylation sites (tertiary alicyclic amines) is 2. The molecule has 2 saturated heterocycles. The molecule has 2 amide bonds. The maximum Gasteiger partial charge on any atom is 0.272 e. The van der Waals surface area contributed by atoms with Gasteiger partial charge in [-0.1, -0.05) is 6.07 Å². The second kappa shape index (κ2) is 6.27. The van der Waals surface area contributed by atoms with Gasteiger partial charge in [0.1, 0.15) is 5.69 Å². The molecule has 0 aromatic carbocycles. The molecule has 2 aromatic heterocycles. The van der Waals surface area contributed by atoms with Crippen molar-refractivity contribution in [1.82, 2.24) is 19.8 Å². The molecule has 6 heteroatoms. The molecular formula is C19H20N4O2. The van der Waals surface area contributed by atoms with Crippen molar-refractivity contribution in [2.45, 2.75) is 38.4 Å². The van der Waals surface area contributed by atoms with Gasteiger partial charge in [0.2, 0.25) is 5.91 Å². The van der Waals surface area contributed by atoms with Gasteiger partial charge in [-0.2, -0.15) is 0 Å². The summed E-state index contributed by atoms with van der Waals surface area (Å²) in [7, 11) is 0. The molecule has 0 bridgehead atoms. The summed E-state index contributed by atoms with van der Waals surface area (Å²) in [4.78, 5) is 37.4. The van der Waals surface area contributed by atoms with Crippen molar-refractivity contribution in [2.75, 3.05) is 6.54 Å². The van der Waals surface area contributed by atoms with Gasteiger partial charge >= 0.3 is 0 Å². The van der Waals surface area contributed by atoms with Crippen molar-refractivity contribution < 1.29 is 9.59 Å². The lowest BCUT2D eigenvalue weighted by Gasteiger charge is -2.25. The summed E-state index contributed by atoms with van der Waals surface area (Å²) in [6.07, 6.45) is 4.69. The second-order valence-electron chi connectivity index (χ2n) is 6.67. The zero-order valence-electron chi connectivity index (χ0n) is 14.1. The van der Waals surface area contributed by atoms with Crippen LogP contribution >= 0.6 is 0 Å². The van der Waals surface area contributed by atoms with Crippen LogP contribution < -0.4 is 0 Å². The molecule has 6 nitrogen and oxygen atoms in total. The molecule has 2 aromatic rings. The number of carbonyl (C=O) groups excluding carboxylic acids is 2. The number of hydrogen-bond acceptors (Lipinski definition) is 4. The molecule has 128 valence electrons. The molecule has 0 aliphatic carbocycles. The number of aryl methyl sites for hydroxylation is 1. The molecule has 2 fully saturated rings. The van der Waals surface area contributed by atoms with Gasteiger partial charge in [0.05, 0.1) is 12.1 Å². The molecule has 0 spiro atoms. The van der Waals surface area contributed by atoms with Gasteiger partial charge in [0.25, 0.3) is 5.91 Å². The molecule has 4 heterocycles. The molecule has 2 aliphatic rings. The lowest BCUT2D eigenvalue weighted by Crippen LogP contribution is -2.40. The van der Waals surface area contributed by atoms with Crippen LogP contribution in [0.2, 0.25) is 0 Å². The highest BCUT2D eigenvalue weighted by Crippen LogP contribution is 2.34. The largest absolute Gasteiger partial charge is 0.333 e. The summed E-state index contributed by atoms with van der Waals surface area (Å²) >= 11 is 0. The Kier molecular flexibility index (Phi) is 3.95. The maximum atomic E-state index is 12.8. The van der Waals surface area contributed by atoms with Crippen LogP contribution in [0.25, 0.3) is 0 Å². The zero-order chi connectivity index (χ0) is 17.4. The lowest BCUT2D eigenvalue weighted by molar-refractivity contribution is -0.129. The Morgan fingerprint density at radius 2 is 2.00 bits per heavy atom. The number of rotatable bonds is 3. The molecule has 0 N–H and O–H groups in total. The van der Waals surface area contributed by atoms with Crippen molar-refractivity contribution in [3.05, 3.63) is 59.7 Å². The number of carbonyl (C=O) groups is 2. The molecule has 0 radical (unpaired) electrons. The number of amides is 2. The van der Waals surface area contributed by atoms with E-state index < -0.39 is 0 Å². The van der Waals surface area contributed by atoms with Crippen molar-refractivity contribution in [3.8, 4) is 0 Å². The van der Waals surface area contributed by atoms with E-state index in [1.54, 1.807) is 18.5 Å². The van der Waals surface area contributed by atoms with Crippen LogP contribution in [0.3, 0.4) is 0 Å². The predicted molar refractivity (Wildman–Crippen MR) is 91.6 cm³/mol. The Hall–Kier alpha value is -2.76. The van der Waals surface area contributed by atoms with Crippen LogP contribution in [0, 0.1) is 6.92 Å². The fourth-order valence-corrected chi connectivity index (χ4v) is 3.88. The predicted octanol–water partition coefficient (Wildman–Crippen LogP) is 1.80. The minimum absolute atomic E-state index is 0.0517. The van der Waals surface area contributed by atoms with Crippen LogP contribution in [0.15, 0.2) is 42.7 Å². The highest BCUT2D eigenvalue weighted by molar-refractivity contribution is 5.94. The quantitative estimate of drug-likeness (QED) is 0.857. The third-order valence-corrected chi connectivity index (χ3v) is 5.09. The molecule has 0 unspecified atom stereocenters. The van der Waals surface area contributed by atoms with Crippen molar-refractivity contribution >= 4 is 11.8 Å². The molecule has 2 aliphatic heterocycles. The van der Waals surface area contributed by atoms with E-state index in [9.17, 15) is 9.59 Å².